The first-order valence-electron chi connectivity index (χ1n) is 13.4. The Balaban J connectivity index is 1.64. The zero-order valence-electron chi connectivity index (χ0n) is 21.3. The first-order chi connectivity index (χ1) is 16.6. The lowest BCUT2D eigenvalue weighted by atomic mass is 10.0. The van der Waals surface area contributed by atoms with Crippen molar-refractivity contribution in [1.29, 1.82) is 0 Å². The molecule has 2 rings (SSSR count). The van der Waals surface area contributed by atoms with Crippen LogP contribution in [-0.2, 0) is 6.42 Å². The molecule has 0 N–H and O–H groups in total. The van der Waals surface area contributed by atoms with Gasteiger partial charge < -0.3 is 4.74 Å². The van der Waals surface area contributed by atoms with Gasteiger partial charge in [-0.05, 0) is 68.4 Å². The van der Waals surface area contributed by atoms with Crippen molar-refractivity contribution in [2.24, 2.45) is 0 Å². The van der Waals surface area contributed by atoms with E-state index in [4.69, 9.17) is 4.74 Å². The number of rotatable bonds is 19. The second-order valence-corrected chi connectivity index (χ2v) is 9.36. The molecule has 0 saturated carbocycles. The van der Waals surface area contributed by atoms with Gasteiger partial charge in [-0.25, -0.2) is 18.7 Å². The van der Waals surface area contributed by atoms with Crippen LogP contribution in [0.2, 0.25) is 0 Å². The maximum Gasteiger partial charge on any atom is 0.159 e. The van der Waals surface area contributed by atoms with Gasteiger partial charge in [0.25, 0.3) is 0 Å². The predicted octanol–water partition coefficient (Wildman–Crippen LogP) is 8.85. The van der Waals surface area contributed by atoms with Gasteiger partial charge in [0.1, 0.15) is 18.1 Å². The second-order valence-electron chi connectivity index (χ2n) is 9.36. The fraction of sp³-hybridized carbons (Fsp3) is 0.655. The highest BCUT2D eigenvalue weighted by atomic mass is 19.1. The van der Waals surface area contributed by atoms with Gasteiger partial charge >= 0.3 is 0 Å². The number of benzene rings is 1. The summed E-state index contributed by atoms with van der Waals surface area (Å²) in [4.78, 5) is 9.04. The van der Waals surface area contributed by atoms with Crippen LogP contribution in [0.4, 0.5) is 8.78 Å². The number of ether oxygens (including phenoxy) is 1. The monoisotopic (exact) mass is 474 g/mol. The van der Waals surface area contributed by atoms with Crippen molar-refractivity contribution in [3.63, 3.8) is 0 Å². The van der Waals surface area contributed by atoms with Crippen LogP contribution < -0.4 is 4.74 Å². The van der Waals surface area contributed by atoms with Crippen LogP contribution >= 0.6 is 0 Å². The van der Waals surface area contributed by atoms with Crippen LogP contribution in [0, 0.1) is 0 Å². The first-order valence-corrected chi connectivity index (χ1v) is 13.4. The van der Waals surface area contributed by atoms with Crippen molar-refractivity contribution in [3.05, 3.63) is 42.2 Å². The Hall–Kier alpha value is -2.04. The van der Waals surface area contributed by atoms with Crippen LogP contribution in [0.3, 0.4) is 0 Å². The molecular formula is C29H44F2N2O. The third-order valence-electron chi connectivity index (χ3n) is 6.24. The number of unbranched alkanes of at least 4 members (excludes halogenated alkanes) is 6. The van der Waals surface area contributed by atoms with E-state index in [0.29, 0.717) is 50.3 Å². The lowest BCUT2D eigenvalue weighted by molar-refractivity contribution is 0.213. The van der Waals surface area contributed by atoms with Crippen molar-refractivity contribution in [1.82, 2.24) is 9.97 Å². The van der Waals surface area contributed by atoms with E-state index >= 15 is 0 Å². The van der Waals surface area contributed by atoms with Gasteiger partial charge in [0, 0.05) is 24.4 Å². The van der Waals surface area contributed by atoms with E-state index in [1.165, 1.54) is 44.1 Å². The van der Waals surface area contributed by atoms with E-state index in [2.05, 4.69) is 23.8 Å². The highest BCUT2D eigenvalue weighted by Gasteiger charge is 2.11. The summed E-state index contributed by atoms with van der Waals surface area (Å²) in [5.74, 6) is 1.41. The molecule has 2 aromatic rings. The molecule has 5 heteroatoms. The highest BCUT2D eigenvalue weighted by Crippen LogP contribution is 2.21. The Morgan fingerprint density at radius 3 is 1.97 bits per heavy atom. The molecule has 2 atom stereocenters. The summed E-state index contributed by atoms with van der Waals surface area (Å²) in [7, 11) is 0. The molecule has 0 bridgehead atoms. The molecule has 0 aliphatic rings. The van der Waals surface area contributed by atoms with Crippen LogP contribution in [-0.4, -0.2) is 28.9 Å². The Bertz CT molecular complexity index is 752. The summed E-state index contributed by atoms with van der Waals surface area (Å²) < 4.78 is 33.4. The normalized spacial score (nSPS) is 13.1. The standard InChI is InChI=1S/C29H44F2N2O/c1-3-5-7-8-9-10-12-24-22-32-29(33-23-24)25-16-18-28(19-17-25)34-21-20-27(31)15-11-14-26(30)13-6-4-2/h16-19,22-23,26-27H,3-15,20-21H2,1-2H3. The van der Waals surface area contributed by atoms with E-state index in [0.717, 1.165) is 24.8 Å². The summed E-state index contributed by atoms with van der Waals surface area (Å²) in [6.45, 7) is 4.61. The fourth-order valence-corrected chi connectivity index (χ4v) is 4.02. The van der Waals surface area contributed by atoms with Crippen molar-refractivity contribution in [2.45, 2.75) is 116 Å². The average Bonchev–Trinajstić information content (AvgIpc) is 2.86. The van der Waals surface area contributed by atoms with Crippen molar-refractivity contribution >= 4 is 0 Å². The van der Waals surface area contributed by atoms with Gasteiger partial charge in [0.05, 0.1) is 6.61 Å². The van der Waals surface area contributed by atoms with Crippen LogP contribution in [0.1, 0.15) is 103 Å². The molecule has 3 nitrogen and oxygen atoms in total. The summed E-state index contributed by atoms with van der Waals surface area (Å²) >= 11 is 0. The molecule has 0 spiro atoms. The van der Waals surface area contributed by atoms with Crippen molar-refractivity contribution < 1.29 is 13.5 Å². The quantitative estimate of drug-likeness (QED) is 0.191. The molecule has 1 heterocycles. The molecule has 1 aromatic heterocycles. The maximum absolute atomic E-state index is 14.1. The van der Waals surface area contributed by atoms with Gasteiger partial charge in [-0.15, -0.1) is 0 Å². The van der Waals surface area contributed by atoms with Crippen LogP contribution in [0.15, 0.2) is 36.7 Å². The minimum absolute atomic E-state index is 0.318. The summed E-state index contributed by atoms with van der Waals surface area (Å²) in [5.41, 5.74) is 2.12. The molecule has 0 saturated heterocycles. The van der Waals surface area contributed by atoms with Gasteiger partial charge in [-0.2, -0.15) is 0 Å². The molecule has 0 fully saturated rings. The molecule has 34 heavy (non-hydrogen) atoms. The molecule has 0 amide bonds. The second kappa shape index (κ2) is 17.4. The third kappa shape index (κ3) is 11.9. The smallest absolute Gasteiger partial charge is 0.159 e. The van der Waals surface area contributed by atoms with Gasteiger partial charge in [0.15, 0.2) is 5.82 Å². The number of hydrogen-bond acceptors (Lipinski definition) is 3. The summed E-state index contributed by atoms with van der Waals surface area (Å²) in [6.07, 6.45) is 15.2. The zero-order valence-corrected chi connectivity index (χ0v) is 21.3. The lowest BCUT2D eigenvalue weighted by Crippen LogP contribution is -2.09. The first kappa shape index (κ1) is 28.2. The van der Waals surface area contributed by atoms with E-state index in [9.17, 15) is 8.78 Å². The Labute approximate surface area is 205 Å². The molecule has 1 aromatic carbocycles. The minimum atomic E-state index is -0.944. The topological polar surface area (TPSA) is 35.0 Å². The van der Waals surface area contributed by atoms with Crippen LogP contribution in [0.5, 0.6) is 5.75 Å². The minimum Gasteiger partial charge on any atom is -0.493 e. The van der Waals surface area contributed by atoms with Crippen molar-refractivity contribution in [3.8, 4) is 17.1 Å². The maximum atomic E-state index is 14.1. The Morgan fingerprint density at radius 1 is 0.706 bits per heavy atom. The van der Waals surface area contributed by atoms with E-state index < -0.39 is 12.3 Å². The summed E-state index contributed by atoms with van der Waals surface area (Å²) in [6, 6.07) is 7.61. The predicted molar refractivity (Wildman–Crippen MR) is 138 cm³/mol. The molecule has 0 aliphatic heterocycles. The zero-order chi connectivity index (χ0) is 24.4. The average molecular weight is 475 g/mol. The number of halogens is 2. The van der Waals surface area contributed by atoms with E-state index in [1.54, 1.807) is 0 Å². The van der Waals surface area contributed by atoms with Gasteiger partial charge in [0.2, 0.25) is 0 Å². The lowest BCUT2D eigenvalue weighted by Gasteiger charge is -2.11. The van der Waals surface area contributed by atoms with Crippen molar-refractivity contribution in [2.75, 3.05) is 6.61 Å². The SMILES string of the molecule is CCCCCCCCc1cnc(-c2ccc(OCCC(F)CCCC(F)CCCC)cc2)nc1. The summed E-state index contributed by atoms with van der Waals surface area (Å²) in [5, 5.41) is 0. The van der Waals surface area contributed by atoms with Gasteiger partial charge in [-0.1, -0.05) is 58.8 Å². The number of aryl methyl sites for hydroxylation is 1. The largest absolute Gasteiger partial charge is 0.493 e. The molecule has 0 radical (unpaired) electrons. The fourth-order valence-electron chi connectivity index (χ4n) is 4.02. The van der Waals surface area contributed by atoms with E-state index in [1.807, 2.05) is 36.7 Å². The number of aromatic nitrogens is 2. The Morgan fingerprint density at radius 2 is 1.29 bits per heavy atom. The number of hydrogen-bond donors (Lipinski definition) is 0. The van der Waals surface area contributed by atoms with E-state index in [-0.39, 0.29) is 0 Å². The third-order valence-corrected chi connectivity index (χ3v) is 6.24. The highest BCUT2D eigenvalue weighted by molar-refractivity contribution is 5.55. The van der Waals surface area contributed by atoms with Gasteiger partial charge in [-0.3, -0.25) is 0 Å². The Kier molecular flexibility index (Phi) is 14.4. The van der Waals surface area contributed by atoms with Crippen LogP contribution in [0.25, 0.3) is 11.4 Å². The molecule has 2 unspecified atom stereocenters. The number of alkyl halides is 2. The number of nitrogens with zero attached hydrogens (tertiary/aromatic N) is 2. The molecular weight excluding hydrogens is 430 g/mol. The molecule has 190 valence electrons. The molecule has 0 aliphatic carbocycles.